The lowest BCUT2D eigenvalue weighted by molar-refractivity contribution is -0.144. The lowest BCUT2D eigenvalue weighted by atomic mass is 10.0. The lowest BCUT2D eigenvalue weighted by Gasteiger charge is -2.20. The molecule has 224 valence electrons. The molecule has 3 N–H and O–H groups in total. The van der Waals surface area contributed by atoms with Crippen LogP contribution in [0, 0.1) is 18.6 Å². The van der Waals surface area contributed by atoms with Gasteiger partial charge < -0.3 is 15.4 Å². The number of aromatic nitrogens is 3. The van der Waals surface area contributed by atoms with Crippen molar-refractivity contribution in [2.45, 2.75) is 26.0 Å². The number of carbonyl (C=O) groups excluding carboxylic acids is 2. The molecule has 0 spiro atoms. The molecule has 0 aliphatic carbocycles. The van der Waals surface area contributed by atoms with E-state index < -0.39 is 29.8 Å². The number of rotatable bonds is 8. The summed E-state index contributed by atoms with van der Waals surface area (Å²) in [6, 6.07) is 13.3. The van der Waals surface area contributed by atoms with Crippen LogP contribution in [0.15, 0.2) is 60.8 Å². The van der Waals surface area contributed by atoms with Gasteiger partial charge in [-0.1, -0.05) is 31.2 Å². The number of anilines is 1. The van der Waals surface area contributed by atoms with Gasteiger partial charge >= 0.3 is 6.03 Å². The van der Waals surface area contributed by atoms with E-state index in [0.29, 0.717) is 47.0 Å². The zero-order valence-electron chi connectivity index (χ0n) is 24.0. The van der Waals surface area contributed by atoms with Crippen LogP contribution in [0.2, 0.25) is 0 Å². The monoisotopic (exact) mass is 591 g/mol. The molecule has 5 rings (SSSR count). The molecule has 1 fully saturated rings. The van der Waals surface area contributed by atoms with Gasteiger partial charge in [-0.15, -0.1) is 0 Å². The van der Waals surface area contributed by atoms with E-state index in [1.807, 2.05) is 37.3 Å². The van der Waals surface area contributed by atoms with Gasteiger partial charge in [-0.25, -0.2) is 23.2 Å². The van der Waals surface area contributed by atoms with Gasteiger partial charge in [-0.3, -0.25) is 14.9 Å². The SMILES string of the molecule is CCN1C[C@@H](NC(=O)Nc2c(C)c(-c3cnc(OC)c(C(=O)NC)c3)nn2-c2ccccc2)[C@H](c2ccc(F)c(F)c2)O1. The highest BCUT2D eigenvalue weighted by Gasteiger charge is 2.36. The number of amides is 3. The van der Waals surface area contributed by atoms with Crippen molar-refractivity contribution in [3.63, 3.8) is 0 Å². The summed E-state index contributed by atoms with van der Waals surface area (Å²) in [7, 11) is 2.94. The number of carbonyl (C=O) groups is 2. The number of nitrogens with zero attached hydrogens (tertiary/aromatic N) is 4. The minimum absolute atomic E-state index is 0.163. The number of benzene rings is 2. The Bertz CT molecular complexity index is 1650. The number of pyridine rings is 1. The van der Waals surface area contributed by atoms with Gasteiger partial charge in [0, 0.05) is 37.5 Å². The highest BCUT2D eigenvalue weighted by molar-refractivity contribution is 5.97. The fourth-order valence-electron chi connectivity index (χ4n) is 4.93. The largest absolute Gasteiger partial charge is 0.480 e. The Labute approximate surface area is 246 Å². The van der Waals surface area contributed by atoms with Crippen molar-refractivity contribution in [1.82, 2.24) is 30.5 Å². The number of methoxy groups -OCH3 is 1. The quantitative estimate of drug-likeness (QED) is 0.278. The van der Waals surface area contributed by atoms with Crippen LogP contribution in [0.1, 0.15) is 34.5 Å². The molecule has 3 amide bonds. The van der Waals surface area contributed by atoms with E-state index in [4.69, 9.17) is 14.7 Å². The summed E-state index contributed by atoms with van der Waals surface area (Å²) in [4.78, 5) is 36.2. The summed E-state index contributed by atoms with van der Waals surface area (Å²) in [6.07, 6.45) is 0.812. The third kappa shape index (κ3) is 6.03. The molecule has 1 aliphatic heterocycles. The standard InChI is InChI=1S/C30H31F2N7O4/c1-5-38-16-24(26(43-38)18-11-12-22(31)23(32)14-18)35-30(41)36-27-17(2)25(37-39(27)20-9-7-6-8-10-20)19-13-21(28(40)33-3)29(42-4)34-15-19/h6-15,24,26H,5,16H2,1-4H3,(H,33,40)(H2,35,36,41)/t24-,26+/m1/s1. The van der Waals surface area contributed by atoms with Crippen LogP contribution >= 0.6 is 0 Å². The van der Waals surface area contributed by atoms with Crippen LogP contribution in [-0.4, -0.2) is 65.1 Å². The Hall–Kier alpha value is -4.88. The van der Waals surface area contributed by atoms with Crippen LogP contribution in [0.3, 0.4) is 0 Å². The zero-order valence-corrected chi connectivity index (χ0v) is 24.0. The van der Waals surface area contributed by atoms with E-state index in [1.54, 1.807) is 28.9 Å². The van der Waals surface area contributed by atoms with Crippen LogP contribution in [0.4, 0.5) is 19.4 Å². The highest BCUT2D eigenvalue weighted by atomic mass is 19.2. The molecule has 4 aromatic rings. The summed E-state index contributed by atoms with van der Waals surface area (Å²) in [5, 5.41) is 14.8. The number of para-hydroxylation sites is 1. The summed E-state index contributed by atoms with van der Waals surface area (Å²) in [5.74, 6) is -1.80. The maximum absolute atomic E-state index is 14.0. The van der Waals surface area contributed by atoms with Crippen LogP contribution in [-0.2, 0) is 4.84 Å². The molecule has 13 heteroatoms. The molecule has 2 atom stereocenters. The molecule has 2 aromatic carbocycles. The minimum atomic E-state index is -0.998. The van der Waals surface area contributed by atoms with Crippen molar-refractivity contribution in [3.8, 4) is 22.8 Å². The summed E-state index contributed by atoms with van der Waals surface area (Å²) >= 11 is 0. The summed E-state index contributed by atoms with van der Waals surface area (Å²) < 4.78 is 34.5. The first kappa shape index (κ1) is 29.6. The number of hydroxylamine groups is 2. The minimum Gasteiger partial charge on any atom is -0.480 e. The van der Waals surface area contributed by atoms with Gasteiger partial charge in [0.1, 0.15) is 17.5 Å². The Balaban J connectivity index is 1.48. The van der Waals surface area contributed by atoms with Crippen LogP contribution in [0.25, 0.3) is 16.9 Å². The van der Waals surface area contributed by atoms with Crippen molar-refractivity contribution in [1.29, 1.82) is 0 Å². The number of likely N-dealkylation sites (N-methyl/N-ethyl adjacent to an activating group) is 1. The van der Waals surface area contributed by atoms with E-state index in [1.165, 1.54) is 20.2 Å². The molecular weight excluding hydrogens is 560 g/mol. The second-order valence-electron chi connectivity index (χ2n) is 9.81. The highest BCUT2D eigenvalue weighted by Crippen LogP contribution is 2.33. The Kier molecular flexibility index (Phi) is 8.64. The topological polar surface area (TPSA) is 123 Å². The maximum Gasteiger partial charge on any atom is 0.320 e. The molecule has 0 bridgehead atoms. The number of hydrogen-bond acceptors (Lipinski definition) is 7. The number of hydrogen-bond donors (Lipinski definition) is 3. The molecule has 2 aromatic heterocycles. The molecule has 1 aliphatic rings. The van der Waals surface area contributed by atoms with Crippen molar-refractivity contribution >= 4 is 17.8 Å². The Morgan fingerprint density at radius 1 is 1.12 bits per heavy atom. The third-order valence-corrected chi connectivity index (χ3v) is 7.11. The molecule has 0 unspecified atom stereocenters. The van der Waals surface area contributed by atoms with Gasteiger partial charge in [-0.05, 0) is 42.8 Å². The first-order valence-corrected chi connectivity index (χ1v) is 13.6. The van der Waals surface area contributed by atoms with Gasteiger partial charge in [-0.2, -0.15) is 10.2 Å². The van der Waals surface area contributed by atoms with Crippen molar-refractivity contribution in [2.75, 3.05) is 32.6 Å². The smallest absolute Gasteiger partial charge is 0.320 e. The first-order valence-electron chi connectivity index (χ1n) is 13.6. The molecule has 0 saturated carbocycles. The predicted molar refractivity (Wildman–Crippen MR) is 155 cm³/mol. The van der Waals surface area contributed by atoms with Crippen LogP contribution in [0.5, 0.6) is 5.88 Å². The number of ether oxygens (including phenoxy) is 1. The average molecular weight is 592 g/mol. The fraction of sp³-hybridized carbons (Fsp3) is 0.267. The van der Waals surface area contributed by atoms with Gasteiger partial charge in [0.15, 0.2) is 11.6 Å². The second-order valence-corrected chi connectivity index (χ2v) is 9.81. The predicted octanol–water partition coefficient (Wildman–Crippen LogP) is 4.39. The Morgan fingerprint density at radius 3 is 2.56 bits per heavy atom. The van der Waals surface area contributed by atoms with E-state index in [-0.39, 0.29) is 17.4 Å². The van der Waals surface area contributed by atoms with E-state index in [9.17, 15) is 18.4 Å². The normalized spacial score (nSPS) is 16.6. The Morgan fingerprint density at radius 2 is 1.88 bits per heavy atom. The van der Waals surface area contributed by atoms with Gasteiger partial charge in [0.2, 0.25) is 5.88 Å². The lowest BCUT2D eigenvalue weighted by Crippen LogP contribution is -2.42. The van der Waals surface area contributed by atoms with Gasteiger partial charge in [0.05, 0.1) is 24.5 Å². The van der Waals surface area contributed by atoms with E-state index in [2.05, 4.69) is 20.9 Å². The maximum atomic E-state index is 14.0. The molecule has 0 radical (unpaired) electrons. The molecule has 3 heterocycles. The van der Waals surface area contributed by atoms with Gasteiger partial charge in [0.25, 0.3) is 5.91 Å². The van der Waals surface area contributed by atoms with E-state index >= 15 is 0 Å². The van der Waals surface area contributed by atoms with Crippen molar-refractivity contribution in [3.05, 3.63) is 89.1 Å². The number of nitrogens with one attached hydrogen (secondary N) is 3. The number of halogens is 2. The molecule has 43 heavy (non-hydrogen) atoms. The van der Waals surface area contributed by atoms with Crippen molar-refractivity contribution in [2.24, 2.45) is 0 Å². The first-order chi connectivity index (χ1) is 20.7. The molecular formula is C30H31F2N7O4. The summed E-state index contributed by atoms with van der Waals surface area (Å²) in [6.45, 7) is 4.53. The van der Waals surface area contributed by atoms with Crippen molar-refractivity contribution < 1.29 is 27.9 Å². The molecule has 11 nitrogen and oxygen atoms in total. The fourth-order valence-corrected chi connectivity index (χ4v) is 4.93. The van der Waals surface area contributed by atoms with E-state index in [0.717, 1.165) is 12.1 Å². The zero-order chi connectivity index (χ0) is 30.7. The van der Waals surface area contributed by atoms with Crippen LogP contribution < -0.4 is 20.7 Å². The summed E-state index contributed by atoms with van der Waals surface area (Å²) in [5.41, 5.74) is 2.95. The number of urea groups is 1. The third-order valence-electron chi connectivity index (χ3n) is 7.11. The second kappa shape index (κ2) is 12.5. The molecule has 1 saturated heterocycles. The average Bonchev–Trinajstić information content (AvgIpc) is 3.58.